The third-order valence-electron chi connectivity index (χ3n) is 4.15. The summed E-state index contributed by atoms with van der Waals surface area (Å²) in [4.78, 5) is 13.1. The molecule has 0 aliphatic heterocycles. The average molecular weight is 340 g/mol. The Hall–Kier alpha value is -2.95. The molecular formula is C20H20O5. The molecule has 0 unspecified atom stereocenters. The number of phenolic OH excluding ortho intramolecular Hbond substituents is 2. The zero-order valence-corrected chi connectivity index (χ0v) is 14.6. The van der Waals surface area contributed by atoms with E-state index in [2.05, 4.69) is 0 Å². The highest BCUT2D eigenvalue weighted by Gasteiger charge is 2.20. The van der Waals surface area contributed by atoms with Crippen LogP contribution >= 0.6 is 0 Å². The lowest BCUT2D eigenvalue weighted by Crippen LogP contribution is -2.07. The van der Waals surface area contributed by atoms with Crippen molar-refractivity contribution >= 4 is 21.9 Å². The SMILES string of the molecule is COc1cc(O)c2oc3cc(C)cc(O)c3c(=O)c2c1CC=C(C)C. The van der Waals surface area contributed by atoms with Crippen LogP contribution in [0.4, 0.5) is 0 Å². The van der Waals surface area contributed by atoms with Crippen molar-refractivity contribution in [2.24, 2.45) is 0 Å². The third kappa shape index (κ3) is 2.82. The second kappa shape index (κ2) is 6.16. The number of allylic oxidation sites excluding steroid dienone is 2. The molecule has 0 aliphatic rings. The van der Waals surface area contributed by atoms with E-state index in [0.717, 1.165) is 11.1 Å². The van der Waals surface area contributed by atoms with Gasteiger partial charge in [0.1, 0.15) is 22.5 Å². The summed E-state index contributed by atoms with van der Waals surface area (Å²) in [5, 5.41) is 20.9. The molecule has 0 bridgehead atoms. The van der Waals surface area contributed by atoms with Gasteiger partial charge in [0.2, 0.25) is 5.43 Å². The maximum Gasteiger partial charge on any atom is 0.204 e. The molecule has 0 fully saturated rings. The summed E-state index contributed by atoms with van der Waals surface area (Å²) in [5.74, 6) is 0.0923. The normalized spacial score (nSPS) is 11.0. The molecule has 2 aromatic carbocycles. The number of aryl methyl sites for hydroxylation is 1. The van der Waals surface area contributed by atoms with Gasteiger partial charge in [0, 0.05) is 11.6 Å². The highest BCUT2D eigenvalue weighted by atomic mass is 16.5. The van der Waals surface area contributed by atoms with Crippen molar-refractivity contribution < 1.29 is 19.4 Å². The number of hydrogen-bond acceptors (Lipinski definition) is 5. The van der Waals surface area contributed by atoms with Crippen molar-refractivity contribution in [3.8, 4) is 17.2 Å². The molecule has 0 spiro atoms. The number of aromatic hydroxyl groups is 2. The molecule has 3 aromatic rings. The Kier molecular flexibility index (Phi) is 4.17. The quantitative estimate of drug-likeness (QED) is 0.552. The molecule has 1 heterocycles. The standard InChI is InChI=1S/C20H20O5/c1-10(2)5-6-12-15(24-4)9-14(22)20-17(12)19(23)18-13(21)7-11(3)8-16(18)25-20/h5,7-9,21-22H,6H2,1-4H3. The Labute approximate surface area is 144 Å². The van der Waals surface area contributed by atoms with E-state index < -0.39 is 0 Å². The lowest BCUT2D eigenvalue weighted by Gasteiger charge is -2.13. The molecule has 0 saturated heterocycles. The minimum atomic E-state index is -0.389. The summed E-state index contributed by atoms with van der Waals surface area (Å²) < 4.78 is 11.1. The van der Waals surface area contributed by atoms with Crippen LogP contribution in [0.1, 0.15) is 25.0 Å². The van der Waals surface area contributed by atoms with Crippen molar-refractivity contribution in [1.29, 1.82) is 0 Å². The van der Waals surface area contributed by atoms with E-state index in [4.69, 9.17) is 9.15 Å². The monoisotopic (exact) mass is 340 g/mol. The molecule has 2 N–H and O–H groups in total. The van der Waals surface area contributed by atoms with Crippen molar-refractivity contribution in [3.63, 3.8) is 0 Å². The number of methoxy groups -OCH3 is 1. The van der Waals surface area contributed by atoms with Crippen LogP contribution in [-0.2, 0) is 6.42 Å². The second-order valence-electron chi connectivity index (χ2n) is 6.35. The van der Waals surface area contributed by atoms with Gasteiger partial charge in [0.15, 0.2) is 11.3 Å². The fourth-order valence-corrected chi connectivity index (χ4v) is 2.98. The molecule has 0 saturated carbocycles. The van der Waals surface area contributed by atoms with E-state index in [0.29, 0.717) is 17.7 Å². The van der Waals surface area contributed by atoms with Gasteiger partial charge in [0.05, 0.1) is 12.5 Å². The number of rotatable bonds is 3. The van der Waals surface area contributed by atoms with Crippen LogP contribution in [0.25, 0.3) is 21.9 Å². The molecule has 25 heavy (non-hydrogen) atoms. The van der Waals surface area contributed by atoms with E-state index in [1.807, 2.05) is 19.9 Å². The van der Waals surface area contributed by atoms with E-state index in [-0.39, 0.29) is 38.9 Å². The van der Waals surface area contributed by atoms with Crippen LogP contribution in [0.5, 0.6) is 17.2 Å². The number of benzene rings is 2. The molecule has 5 heteroatoms. The van der Waals surface area contributed by atoms with Crippen LogP contribution in [0.15, 0.2) is 39.1 Å². The van der Waals surface area contributed by atoms with E-state index >= 15 is 0 Å². The number of ether oxygens (including phenoxy) is 1. The summed E-state index contributed by atoms with van der Waals surface area (Å²) >= 11 is 0. The molecular weight excluding hydrogens is 320 g/mol. The van der Waals surface area contributed by atoms with E-state index in [1.54, 1.807) is 13.0 Å². The third-order valence-corrected chi connectivity index (χ3v) is 4.15. The molecule has 5 nitrogen and oxygen atoms in total. The zero-order valence-electron chi connectivity index (χ0n) is 14.6. The number of hydrogen-bond donors (Lipinski definition) is 2. The van der Waals surface area contributed by atoms with Gasteiger partial charge in [-0.05, 0) is 44.9 Å². The first-order chi connectivity index (χ1) is 11.8. The first kappa shape index (κ1) is 16.9. The van der Waals surface area contributed by atoms with Crippen molar-refractivity contribution in [2.75, 3.05) is 7.11 Å². The molecule has 3 rings (SSSR count). The van der Waals surface area contributed by atoms with Gasteiger partial charge in [-0.15, -0.1) is 0 Å². The minimum Gasteiger partial charge on any atom is -0.507 e. The molecule has 0 radical (unpaired) electrons. The fraction of sp³-hybridized carbons (Fsp3) is 0.250. The van der Waals surface area contributed by atoms with Crippen LogP contribution < -0.4 is 10.2 Å². The first-order valence-corrected chi connectivity index (χ1v) is 7.95. The van der Waals surface area contributed by atoms with Crippen molar-refractivity contribution in [3.05, 3.63) is 51.2 Å². The van der Waals surface area contributed by atoms with Crippen molar-refractivity contribution in [1.82, 2.24) is 0 Å². The maximum atomic E-state index is 13.1. The van der Waals surface area contributed by atoms with Crippen LogP contribution in [-0.4, -0.2) is 17.3 Å². The Morgan fingerprint density at radius 1 is 1.16 bits per heavy atom. The highest BCUT2D eigenvalue weighted by molar-refractivity contribution is 5.98. The Morgan fingerprint density at radius 2 is 1.88 bits per heavy atom. The van der Waals surface area contributed by atoms with Crippen molar-refractivity contribution in [2.45, 2.75) is 27.2 Å². The summed E-state index contributed by atoms with van der Waals surface area (Å²) in [7, 11) is 1.48. The first-order valence-electron chi connectivity index (χ1n) is 7.95. The topological polar surface area (TPSA) is 79.9 Å². The van der Waals surface area contributed by atoms with Gasteiger partial charge in [0.25, 0.3) is 0 Å². The van der Waals surface area contributed by atoms with Gasteiger partial charge in [-0.1, -0.05) is 11.6 Å². The van der Waals surface area contributed by atoms with Gasteiger partial charge in [-0.2, -0.15) is 0 Å². The number of fused-ring (bicyclic) bond motifs is 2. The van der Waals surface area contributed by atoms with Gasteiger partial charge in [-0.25, -0.2) is 0 Å². The van der Waals surface area contributed by atoms with Gasteiger partial charge < -0.3 is 19.4 Å². The van der Waals surface area contributed by atoms with E-state index in [1.165, 1.54) is 19.2 Å². The Balaban J connectivity index is 2.52. The van der Waals surface area contributed by atoms with Gasteiger partial charge in [-0.3, -0.25) is 4.79 Å². The van der Waals surface area contributed by atoms with E-state index in [9.17, 15) is 15.0 Å². The largest absolute Gasteiger partial charge is 0.507 e. The molecule has 130 valence electrons. The summed E-state index contributed by atoms with van der Waals surface area (Å²) in [6.07, 6.45) is 2.41. The molecule has 1 aromatic heterocycles. The summed E-state index contributed by atoms with van der Waals surface area (Å²) in [6, 6.07) is 4.62. The van der Waals surface area contributed by atoms with Crippen LogP contribution in [0.3, 0.4) is 0 Å². The average Bonchev–Trinajstić information content (AvgIpc) is 2.53. The fourth-order valence-electron chi connectivity index (χ4n) is 2.98. The maximum absolute atomic E-state index is 13.1. The lowest BCUT2D eigenvalue weighted by molar-refractivity contribution is 0.403. The summed E-state index contributed by atoms with van der Waals surface area (Å²) in [5.41, 5.74) is 2.41. The van der Waals surface area contributed by atoms with Gasteiger partial charge >= 0.3 is 0 Å². The molecule has 0 atom stereocenters. The lowest BCUT2D eigenvalue weighted by atomic mass is 10.00. The molecule has 0 aliphatic carbocycles. The zero-order chi connectivity index (χ0) is 18.3. The number of phenols is 2. The smallest absolute Gasteiger partial charge is 0.204 e. The predicted octanol–water partition coefficient (Wildman–Crippen LogP) is 4.18. The van der Waals surface area contributed by atoms with Crippen LogP contribution in [0.2, 0.25) is 0 Å². The Bertz CT molecular complexity index is 1070. The second-order valence-corrected chi connectivity index (χ2v) is 6.35. The summed E-state index contributed by atoms with van der Waals surface area (Å²) in [6.45, 7) is 5.71. The highest BCUT2D eigenvalue weighted by Crippen LogP contribution is 2.37. The predicted molar refractivity (Wildman–Crippen MR) is 97.7 cm³/mol. The Morgan fingerprint density at radius 3 is 2.52 bits per heavy atom. The minimum absolute atomic E-state index is 0.0976. The van der Waals surface area contributed by atoms with Crippen LogP contribution in [0, 0.1) is 6.92 Å². The molecule has 0 amide bonds.